The first-order chi connectivity index (χ1) is 13.3. The normalized spacial score (nSPS) is 33.4. The van der Waals surface area contributed by atoms with Crippen LogP contribution < -0.4 is 0 Å². The SMILES string of the molecule is CCCCOC1=CC(=O)C(O)=C(C[C@@]2(C)[C@@H]3CCC=C(C)[C@H]3CC[C@@H]2C)C1=O. The van der Waals surface area contributed by atoms with Gasteiger partial charge in [0, 0.05) is 11.6 Å². The Morgan fingerprint density at radius 1 is 1.25 bits per heavy atom. The van der Waals surface area contributed by atoms with Crippen LogP contribution in [0.4, 0.5) is 0 Å². The van der Waals surface area contributed by atoms with Gasteiger partial charge in [0.25, 0.3) is 0 Å². The third-order valence-corrected chi connectivity index (χ3v) is 7.49. The summed E-state index contributed by atoms with van der Waals surface area (Å²) in [6.07, 6.45) is 10.2. The van der Waals surface area contributed by atoms with E-state index in [0.29, 0.717) is 30.8 Å². The molecule has 1 fully saturated rings. The minimum atomic E-state index is -0.510. The first kappa shape index (κ1) is 20.9. The number of rotatable bonds is 6. The predicted molar refractivity (Wildman–Crippen MR) is 110 cm³/mol. The summed E-state index contributed by atoms with van der Waals surface area (Å²) in [5.41, 5.74) is 1.59. The molecule has 3 aliphatic rings. The van der Waals surface area contributed by atoms with E-state index in [-0.39, 0.29) is 28.3 Å². The number of fused-ring (bicyclic) bond motifs is 1. The highest BCUT2D eigenvalue weighted by atomic mass is 16.5. The third kappa shape index (κ3) is 3.70. The largest absolute Gasteiger partial charge is 0.504 e. The topological polar surface area (TPSA) is 63.6 Å². The van der Waals surface area contributed by atoms with Crippen LogP contribution in [0, 0.1) is 23.2 Å². The van der Waals surface area contributed by atoms with Crippen LogP contribution in [-0.2, 0) is 14.3 Å². The summed E-state index contributed by atoms with van der Waals surface area (Å²) in [7, 11) is 0. The van der Waals surface area contributed by atoms with Crippen LogP contribution in [0.1, 0.15) is 72.6 Å². The molecule has 4 nitrogen and oxygen atoms in total. The van der Waals surface area contributed by atoms with Crippen molar-refractivity contribution in [3.05, 3.63) is 34.8 Å². The van der Waals surface area contributed by atoms with Crippen molar-refractivity contribution < 1.29 is 19.4 Å². The lowest BCUT2D eigenvalue weighted by Crippen LogP contribution is -2.45. The molecule has 4 atom stereocenters. The van der Waals surface area contributed by atoms with Gasteiger partial charge in [0.1, 0.15) is 0 Å². The number of ketones is 2. The van der Waals surface area contributed by atoms with Crippen LogP contribution in [0.2, 0.25) is 0 Å². The van der Waals surface area contributed by atoms with Gasteiger partial charge in [-0.1, -0.05) is 38.8 Å². The number of Topliss-reactive ketones (excluding diaryl/α,β-unsaturated/α-hetero) is 1. The molecule has 0 unspecified atom stereocenters. The number of ether oxygens (including phenoxy) is 1. The number of allylic oxidation sites excluding steroid dienone is 4. The summed E-state index contributed by atoms with van der Waals surface area (Å²) in [6.45, 7) is 9.19. The number of aliphatic hydroxyl groups excluding tert-OH is 1. The average molecular weight is 387 g/mol. The van der Waals surface area contributed by atoms with Gasteiger partial charge in [0.15, 0.2) is 11.5 Å². The molecule has 0 aliphatic heterocycles. The van der Waals surface area contributed by atoms with Crippen LogP contribution in [0.3, 0.4) is 0 Å². The molecule has 154 valence electrons. The lowest BCUT2D eigenvalue weighted by Gasteiger charge is -2.52. The lowest BCUT2D eigenvalue weighted by atomic mass is 9.52. The number of carbonyl (C=O) groups is 2. The molecule has 0 spiro atoms. The molecule has 0 aromatic rings. The van der Waals surface area contributed by atoms with Crippen LogP contribution in [0.5, 0.6) is 0 Å². The predicted octanol–water partition coefficient (Wildman–Crippen LogP) is 5.45. The van der Waals surface area contributed by atoms with Crippen molar-refractivity contribution in [1.29, 1.82) is 0 Å². The second-order valence-corrected chi connectivity index (χ2v) is 9.13. The summed E-state index contributed by atoms with van der Waals surface area (Å²) in [5.74, 6) is 0.332. The molecule has 28 heavy (non-hydrogen) atoms. The molecule has 0 aromatic heterocycles. The zero-order valence-electron chi connectivity index (χ0n) is 17.7. The van der Waals surface area contributed by atoms with E-state index >= 15 is 0 Å². The second-order valence-electron chi connectivity index (χ2n) is 9.13. The fraction of sp³-hybridized carbons (Fsp3) is 0.667. The molecule has 4 heteroatoms. The van der Waals surface area contributed by atoms with Crippen LogP contribution >= 0.6 is 0 Å². The maximum absolute atomic E-state index is 13.0. The molecule has 3 rings (SSSR count). The Labute approximate surface area is 168 Å². The van der Waals surface area contributed by atoms with Crippen molar-refractivity contribution in [2.24, 2.45) is 23.2 Å². The van der Waals surface area contributed by atoms with Gasteiger partial charge >= 0.3 is 0 Å². The molecular formula is C24H34O4. The van der Waals surface area contributed by atoms with Gasteiger partial charge in [-0.2, -0.15) is 0 Å². The number of hydrogen-bond acceptors (Lipinski definition) is 4. The van der Waals surface area contributed by atoms with Gasteiger partial charge in [-0.3, -0.25) is 9.59 Å². The maximum atomic E-state index is 13.0. The first-order valence-corrected chi connectivity index (χ1v) is 10.8. The fourth-order valence-electron chi connectivity index (χ4n) is 5.45. The Balaban J connectivity index is 1.87. The van der Waals surface area contributed by atoms with Crippen molar-refractivity contribution in [2.75, 3.05) is 6.61 Å². The van der Waals surface area contributed by atoms with E-state index in [4.69, 9.17) is 4.74 Å². The Morgan fingerprint density at radius 3 is 2.71 bits per heavy atom. The number of hydrogen-bond donors (Lipinski definition) is 1. The Bertz CT molecular complexity index is 742. The van der Waals surface area contributed by atoms with Crippen molar-refractivity contribution in [2.45, 2.75) is 72.6 Å². The zero-order valence-corrected chi connectivity index (χ0v) is 17.7. The van der Waals surface area contributed by atoms with Crippen molar-refractivity contribution >= 4 is 11.6 Å². The smallest absolute Gasteiger partial charge is 0.227 e. The standard InChI is InChI=1S/C24H34O4/c1-5-6-12-28-21-13-20(25)22(26)18(23(21)27)14-24(4)16(3)10-11-17-15(2)8-7-9-19(17)24/h8,13,16-17,19,26H,5-7,9-12,14H2,1-4H3/t16-,17+,19+,24+/m0/s1. The molecular weight excluding hydrogens is 352 g/mol. The van der Waals surface area contributed by atoms with Gasteiger partial charge in [-0.05, 0) is 68.6 Å². The molecule has 0 amide bonds. The Hall–Kier alpha value is -1.84. The minimum absolute atomic E-state index is 0.0922. The molecule has 0 bridgehead atoms. The highest BCUT2D eigenvalue weighted by Gasteiger charge is 2.49. The van der Waals surface area contributed by atoms with E-state index in [1.165, 1.54) is 12.0 Å². The molecule has 0 radical (unpaired) electrons. The Kier molecular flexibility index (Phi) is 6.16. The molecule has 0 heterocycles. The minimum Gasteiger partial charge on any atom is -0.504 e. The average Bonchev–Trinajstić information content (AvgIpc) is 2.67. The van der Waals surface area contributed by atoms with Gasteiger partial charge in [-0.25, -0.2) is 0 Å². The highest BCUT2D eigenvalue weighted by molar-refractivity contribution is 6.20. The molecule has 0 aromatic carbocycles. The zero-order chi connectivity index (χ0) is 20.5. The van der Waals surface area contributed by atoms with Gasteiger partial charge in [-0.15, -0.1) is 0 Å². The third-order valence-electron chi connectivity index (χ3n) is 7.49. The summed E-state index contributed by atoms with van der Waals surface area (Å²) in [4.78, 5) is 25.4. The van der Waals surface area contributed by atoms with E-state index < -0.39 is 5.78 Å². The number of unbranched alkanes of at least 4 members (excludes halogenated alkanes) is 1. The molecule has 1 saturated carbocycles. The number of carbonyl (C=O) groups excluding carboxylic acids is 2. The van der Waals surface area contributed by atoms with Crippen molar-refractivity contribution in [1.82, 2.24) is 0 Å². The fourth-order valence-corrected chi connectivity index (χ4v) is 5.45. The summed E-state index contributed by atoms with van der Waals surface area (Å²) in [6, 6.07) is 0. The van der Waals surface area contributed by atoms with E-state index in [2.05, 4.69) is 26.8 Å². The monoisotopic (exact) mass is 386 g/mol. The van der Waals surface area contributed by atoms with Gasteiger partial charge < -0.3 is 9.84 Å². The van der Waals surface area contributed by atoms with Gasteiger partial charge in [0.05, 0.1) is 6.61 Å². The van der Waals surface area contributed by atoms with E-state index in [0.717, 1.165) is 38.2 Å². The van der Waals surface area contributed by atoms with E-state index in [1.807, 2.05) is 6.92 Å². The van der Waals surface area contributed by atoms with Crippen LogP contribution in [-0.4, -0.2) is 23.3 Å². The lowest BCUT2D eigenvalue weighted by molar-refractivity contribution is -0.120. The number of aliphatic hydroxyl groups is 1. The Morgan fingerprint density at radius 2 is 2.00 bits per heavy atom. The van der Waals surface area contributed by atoms with Gasteiger partial charge in [0.2, 0.25) is 11.6 Å². The molecule has 1 N–H and O–H groups in total. The van der Waals surface area contributed by atoms with Crippen LogP contribution in [0.25, 0.3) is 0 Å². The summed E-state index contributed by atoms with van der Waals surface area (Å²) >= 11 is 0. The van der Waals surface area contributed by atoms with E-state index in [9.17, 15) is 14.7 Å². The second kappa shape index (κ2) is 8.26. The first-order valence-electron chi connectivity index (χ1n) is 10.8. The summed E-state index contributed by atoms with van der Waals surface area (Å²) < 4.78 is 5.59. The maximum Gasteiger partial charge on any atom is 0.227 e. The van der Waals surface area contributed by atoms with Crippen LogP contribution in [0.15, 0.2) is 34.8 Å². The van der Waals surface area contributed by atoms with Crippen molar-refractivity contribution in [3.8, 4) is 0 Å². The molecule has 3 aliphatic carbocycles. The molecule has 0 saturated heterocycles. The van der Waals surface area contributed by atoms with Crippen molar-refractivity contribution in [3.63, 3.8) is 0 Å². The summed E-state index contributed by atoms with van der Waals surface area (Å²) in [5, 5.41) is 10.5. The quantitative estimate of drug-likeness (QED) is 0.374. The highest BCUT2D eigenvalue weighted by Crippen LogP contribution is 2.56. The van der Waals surface area contributed by atoms with E-state index in [1.54, 1.807) is 0 Å².